The normalized spacial score (nSPS) is 11.4. The number of rotatable bonds is 7. The highest BCUT2D eigenvalue weighted by molar-refractivity contribution is 5.95. The molecule has 2 rings (SSSR count). The molecule has 0 saturated carbocycles. The average Bonchev–Trinajstić information content (AvgIpc) is 2.60. The zero-order valence-corrected chi connectivity index (χ0v) is 13.5. The lowest BCUT2D eigenvalue weighted by Crippen LogP contribution is -2.32. The van der Waals surface area contributed by atoms with Crippen LogP contribution in [0.1, 0.15) is 13.3 Å². The molecule has 0 aliphatic rings. The number of benzene rings is 2. The monoisotopic (exact) mass is 315 g/mol. The highest BCUT2D eigenvalue weighted by Gasteiger charge is 2.20. The van der Waals surface area contributed by atoms with Crippen molar-refractivity contribution in [2.45, 2.75) is 19.4 Å². The molecular formula is C18H21NO4. The van der Waals surface area contributed by atoms with Crippen molar-refractivity contribution in [2.75, 3.05) is 19.5 Å². The summed E-state index contributed by atoms with van der Waals surface area (Å²) in [6, 6.07) is 14.5. The predicted octanol–water partition coefficient (Wildman–Crippen LogP) is 3.50. The highest BCUT2D eigenvalue weighted by Crippen LogP contribution is 2.29. The molecule has 1 amide bonds. The van der Waals surface area contributed by atoms with E-state index in [1.165, 1.54) is 0 Å². The second-order valence-electron chi connectivity index (χ2n) is 4.88. The first-order chi connectivity index (χ1) is 11.2. The van der Waals surface area contributed by atoms with E-state index in [-0.39, 0.29) is 5.91 Å². The Kier molecular flexibility index (Phi) is 5.86. The van der Waals surface area contributed by atoms with Gasteiger partial charge < -0.3 is 19.5 Å². The largest absolute Gasteiger partial charge is 0.497 e. The molecule has 0 heterocycles. The van der Waals surface area contributed by atoms with Gasteiger partial charge in [-0.15, -0.1) is 0 Å². The number of hydrogen-bond acceptors (Lipinski definition) is 4. The predicted molar refractivity (Wildman–Crippen MR) is 89.3 cm³/mol. The Morgan fingerprint density at radius 2 is 1.78 bits per heavy atom. The molecule has 2 aromatic carbocycles. The number of hydrogen-bond donors (Lipinski definition) is 1. The fourth-order valence-corrected chi connectivity index (χ4v) is 2.10. The van der Waals surface area contributed by atoms with Gasteiger partial charge in [0.25, 0.3) is 5.91 Å². The molecule has 0 aliphatic carbocycles. The quantitative estimate of drug-likeness (QED) is 0.849. The number of anilines is 1. The van der Waals surface area contributed by atoms with Crippen LogP contribution in [0.15, 0.2) is 48.5 Å². The molecule has 23 heavy (non-hydrogen) atoms. The summed E-state index contributed by atoms with van der Waals surface area (Å²) < 4.78 is 16.2. The molecule has 0 spiro atoms. The fraction of sp³-hybridized carbons (Fsp3) is 0.278. The molecule has 122 valence electrons. The number of carbonyl (C=O) groups is 1. The summed E-state index contributed by atoms with van der Waals surface area (Å²) >= 11 is 0. The number of nitrogens with one attached hydrogen (secondary N) is 1. The minimum absolute atomic E-state index is 0.222. The van der Waals surface area contributed by atoms with Crippen LogP contribution < -0.4 is 19.5 Å². The lowest BCUT2D eigenvalue weighted by molar-refractivity contribution is -0.122. The summed E-state index contributed by atoms with van der Waals surface area (Å²) in [4.78, 5) is 12.4. The van der Waals surface area contributed by atoms with E-state index in [2.05, 4.69) is 5.32 Å². The van der Waals surface area contributed by atoms with E-state index in [1.807, 2.05) is 37.3 Å². The lowest BCUT2D eigenvalue weighted by Gasteiger charge is -2.18. The van der Waals surface area contributed by atoms with Gasteiger partial charge >= 0.3 is 0 Å². The second kappa shape index (κ2) is 8.08. The van der Waals surface area contributed by atoms with Gasteiger partial charge in [0.05, 0.1) is 19.9 Å². The molecule has 5 heteroatoms. The van der Waals surface area contributed by atoms with Crippen molar-refractivity contribution in [1.82, 2.24) is 0 Å². The number of amides is 1. The van der Waals surface area contributed by atoms with Crippen molar-refractivity contribution in [3.05, 3.63) is 48.5 Å². The number of methoxy groups -OCH3 is 2. The van der Waals surface area contributed by atoms with Gasteiger partial charge in [-0.1, -0.05) is 25.1 Å². The van der Waals surface area contributed by atoms with E-state index in [0.29, 0.717) is 29.4 Å². The highest BCUT2D eigenvalue weighted by atomic mass is 16.5. The van der Waals surface area contributed by atoms with Crippen molar-refractivity contribution in [1.29, 1.82) is 0 Å². The van der Waals surface area contributed by atoms with Crippen LogP contribution in [0.3, 0.4) is 0 Å². The topological polar surface area (TPSA) is 56.8 Å². The van der Waals surface area contributed by atoms with Crippen LogP contribution in [0.5, 0.6) is 17.2 Å². The Morgan fingerprint density at radius 3 is 2.39 bits per heavy atom. The second-order valence-corrected chi connectivity index (χ2v) is 4.88. The SMILES string of the molecule is CC[C@@H](Oc1ccccc1)C(=O)Nc1ccc(OC)cc1OC. The standard InChI is InChI=1S/C18H21NO4/c1-4-16(23-13-8-6-5-7-9-13)18(20)19-15-11-10-14(21-2)12-17(15)22-3/h5-12,16H,4H2,1-3H3,(H,19,20)/t16-/m1/s1. The van der Waals surface area contributed by atoms with Crippen molar-refractivity contribution in [3.63, 3.8) is 0 Å². The first kappa shape index (κ1) is 16.7. The number of ether oxygens (including phenoxy) is 3. The fourth-order valence-electron chi connectivity index (χ4n) is 2.10. The molecular weight excluding hydrogens is 294 g/mol. The van der Waals surface area contributed by atoms with E-state index in [0.717, 1.165) is 0 Å². The van der Waals surface area contributed by atoms with E-state index in [4.69, 9.17) is 14.2 Å². The molecule has 0 bridgehead atoms. The molecule has 2 aromatic rings. The number of para-hydroxylation sites is 1. The van der Waals surface area contributed by atoms with Gasteiger partial charge in [-0.2, -0.15) is 0 Å². The van der Waals surface area contributed by atoms with Crippen LogP contribution in [0.2, 0.25) is 0 Å². The molecule has 1 N–H and O–H groups in total. The van der Waals surface area contributed by atoms with Gasteiger partial charge in [0.2, 0.25) is 0 Å². The first-order valence-corrected chi connectivity index (χ1v) is 7.42. The number of carbonyl (C=O) groups excluding carboxylic acids is 1. The van der Waals surface area contributed by atoms with Crippen LogP contribution in [0, 0.1) is 0 Å². The lowest BCUT2D eigenvalue weighted by atomic mass is 10.2. The average molecular weight is 315 g/mol. The Bertz CT molecular complexity index is 643. The maximum Gasteiger partial charge on any atom is 0.265 e. The third-order valence-electron chi connectivity index (χ3n) is 3.35. The van der Waals surface area contributed by atoms with Crippen LogP contribution in [-0.2, 0) is 4.79 Å². The molecule has 0 radical (unpaired) electrons. The van der Waals surface area contributed by atoms with E-state index < -0.39 is 6.10 Å². The van der Waals surface area contributed by atoms with Gasteiger partial charge in [-0.25, -0.2) is 0 Å². The van der Waals surface area contributed by atoms with Gasteiger partial charge in [0.15, 0.2) is 6.10 Å². The van der Waals surface area contributed by atoms with E-state index in [1.54, 1.807) is 32.4 Å². The molecule has 1 atom stereocenters. The minimum atomic E-state index is -0.579. The van der Waals surface area contributed by atoms with Gasteiger partial charge in [0, 0.05) is 6.07 Å². The summed E-state index contributed by atoms with van der Waals surface area (Å²) in [5, 5.41) is 2.84. The summed E-state index contributed by atoms with van der Waals surface area (Å²) in [6.07, 6.45) is -0.0247. The summed E-state index contributed by atoms with van der Waals surface area (Å²) in [5.74, 6) is 1.63. The Morgan fingerprint density at radius 1 is 1.04 bits per heavy atom. The van der Waals surface area contributed by atoms with Crippen LogP contribution >= 0.6 is 0 Å². The molecule has 0 aromatic heterocycles. The Labute approximate surface area is 136 Å². The van der Waals surface area contributed by atoms with Gasteiger partial charge in [0.1, 0.15) is 17.2 Å². The summed E-state index contributed by atoms with van der Waals surface area (Å²) in [6.45, 7) is 1.90. The van der Waals surface area contributed by atoms with Crippen molar-refractivity contribution in [3.8, 4) is 17.2 Å². The molecule has 0 aliphatic heterocycles. The van der Waals surface area contributed by atoms with E-state index in [9.17, 15) is 4.79 Å². The Hall–Kier alpha value is -2.69. The van der Waals surface area contributed by atoms with Gasteiger partial charge in [-0.05, 0) is 30.7 Å². The zero-order chi connectivity index (χ0) is 16.7. The van der Waals surface area contributed by atoms with Crippen molar-refractivity contribution in [2.24, 2.45) is 0 Å². The third-order valence-corrected chi connectivity index (χ3v) is 3.35. The maximum atomic E-state index is 12.4. The zero-order valence-electron chi connectivity index (χ0n) is 13.5. The van der Waals surface area contributed by atoms with E-state index >= 15 is 0 Å². The van der Waals surface area contributed by atoms with Crippen LogP contribution in [0.25, 0.3) is 0 Å². The van der Waals surface area contributed by atoms with Crippen LogP contribution in [-0.4, -0.2) is 26.2 Å². The molecule has 0 saturated heterocycles. The molecule has 5 nitrogen and oxygen atoms in total. The van der Waals surface area contributed by atoms with Gasteiger partial charge in [-0.3, -0.25) is 4.79 Å². The maximum absolute atomic E-state index is 12.4. The van der Waals surface area contributed by atoms with Crippen molar-refractivity contribution >= 4 is 11.6 Å². The first-order valence-electron chi connectivity index (χ1n) is 7.42. The molecule has 0 unspecified atom stereocenters. The Balaban J connectivity index is 2.10. The third kappa shape index (κ3) is 4.39. The summed E-state index contributed by atoms with van der Waals surface area (Å²) in [5.41, 5.74) is 0.577. The smallest absolute Gasteiger partial charge is 0.265 e. The minimum Gasteiger partial charge on any atom is -0.497 e. The van der Waals surface area contributed by atoms with Crippen molar-refractivity contribution < 1.29 is 19.0 Å². The molecule has 0 fully saturated rings. The van der Waals surface area contributed by atoms with Crippen LogP contribution in [0.4, 0.5) is 5.69 Å². The summed E-state index contributed by atoms with van der Waals surface area (Å²) in [7, 11) is 3.12.